The van der Waals surface area contributed by atoms with Gasteiger partial charge < -0.3 is 35.0 Å². The van der Waals surface area contributed by atoms with Crippen LogP contribution in [0.2, 0.25) is 0 Å². The normalized spacial score (nSPS) is 27.8. The molecule has 0 fully saturated rings. The number of aliphatic hydroxyl groups excluding tert-OH is 3. The Morgan fingerprint density at radius 2 is 1.79 bits per heavy atom. The molecule has 1 aromatic carbocycles. The number of ether oxygens (including phenoxy) is 2. The van der Waals surface area contributed by atoms with E-state index >= 15 is 0 Å². The molecule has 5 aliphatic rings. The molecule has 9 nitrogen and oxygen atoms in total. The van der Waals surface area contributed by atoms with Crippen molar-refractivity contribution in [2.75, 3.05) is 14.2 Å². The standard InChI is InChI=1S/C38H42O9/c1-20(39)31-30(40)19-26-17-25-18-29-23(10-4-21-6-12-27(46-2)13-7-21)16-24(11-5-22-8-14-28(47-3)15-9-22)34(41)33(29)35(42)32(25)37(44)38(26,45)36(31)43/h6,12,14,16,20,22,25-26,39-41,44-45H,4,7-10,13,15,17-19H2,1-3H3/t20?,22?,25-,26+,38-/m1/s1. The van der Waals surface area contributed by atoms with Gasteiger partial charge in [0.25, 0.3) is 0 Å². The lowest BCUT2D eigenvalue weighted by molar-refractivity contribution is -0.144. The zero-order valence-corrected chi connectivity index (χ0v) is 27.1. The quantitative estimate of drug-likeness (QED) is 0.259. The van der Waals surface area contributed by atoms with E-state index in [-0.39, 0.29) is 47.0 Å². The van der Waals surface area contributed by atoms with E-state index in [1.165, 1.54) is 12.5 Å². The highest BCUT2D eigenvalue weighted by molar-refractivity contribution is 6.16. The Kier molecular flexibility index (Phi) is 8.86. The van der Waals surface area contributed by atoms with Crippen molar-refractivity contribution in [3.05, 3.63) is 86.3 Å². The number of aliphatic hydroxyl groups is 4. The summed E-state index contributed by atoms with van der Waals surface area (Å²) in [5.41, 5.74) is 0.186. The van der Waals surface area contributed by atoms with Crippen molar-refractivity contribution in [1.29, 1.82) is 0 Å². The molecule has 0 radical (unpaired) electrons. The third-order valence-corrected chi connectivity index (χ3v) is 10.6. The van der Waals surface area contributed by atoms with Crippen LogP contribution in [-0.4, -0.2) is 63.0 Å². The second-order valence-electron chi connectivity index (χ2n) is 13.3. The van der Waals surface area contributed by atoms with Crippen LogP contribution in [0.25, 0.3) is 0 Å². The van der Waals surface area contributed by atoms with Gasteiger partial charge in [0.05, 0.1) is 48.5 Å². The summed E-state index contributed by atoms with van der Waals surface area (Å²) in [6, 6.07) is 1.87. The first-order valence-electron chi connectivity index (χ1n) is 16.4. The predicted octanol–water partition coefficient (Wildman–Crippen LogP) is 5.34. The highest BCUT2D eigenvalue weighted by atomic mass is 16.5. The molecule has 0 heterocycles. The van der Waals surface area contributed by atoms with E-state index in [2.05, 4.69) is 17.9 Å². The summed E-state index contributed by atoms with van der Waals surface area (Å²) in [5.74, 6) is 3.85. The van der Waals surface area contributed by atoms with Gasteiger partial charge in [0.2, 0.25) is 5.78 Å². The number of methoxy groups -OCH3 is 2. The zero-order valence-electron chi connectivity index (χ0n) is 27.1. The number of carbonyl (C=O) groups is 2. The maximum Gasteiger partial charge on any atom is 0.204 e. The van der Waals surface area contributed by atoms with Gasteiger partial charge in [0.1, 0.15) is 17.3 Å². The molecular weight excluding hydrogens is 600 g/mol. The van der Waals surface area contributed by atoms with Crippen LogP contribution < -0.4 is 0 Å². The molecule has 0 saturated heterocycles. The Labute approximate surface area is 274 Å². The number of hydrogen-bond donors (Lipinski definition) is 5. The topological polar surface area (TPSA) is 154 Å². The minimum absolute atomic E-state index is 0.0356. The van der Waals surface area contributed by atoms with Crippen LogP contribution in [0.5, 0.6) is 5.75 Å². The highest BCUT2D eigenvalue weighted by Crippen LogP contribution is 2.52. The molecule has 47 heavy (non-hydrogen) atoms. The molecule has 248 valence electrons. The minimum Gasteiger partial charge on any atom is -0.512 e. The third kappa shape index (κ3) is 5.68. The number of aryl methyl sites for hydroxylation is 1. The maximum absolute atomic E-state index is 14.3. The monoisotopic (exact) mass is 642 g/mol. The zero-order chi connectivity index (χ0) is 33.6. The number of carbonyl (C=O) groups excluding carboxylic acids is 2. The Morgan fingerprint density at radius 1 is 1.02 bits per heavy atom. The molecule has 5 atom stereocenters. The average Bonchev–Trinajstić information content (AvgIpc) is 3.05. The van der Waals surface area contributed by atoms with E-state index in [9.17, 15) is 35.1 Å². The van der Waals surface area contributed by atoms with Crippen molar-refractivity contribution in [2.45, 2.75) is 82.8 Å². The van der Waals surface area contributed by atoms with Crippen LogP contribution in [0.15, 0.2) is 64.1 Å². The molecule has 0 aliphatic heterocycles. The van der Waals surface area contributed by atoms with Gasteiger partial charge in [-0.1, -0.05) is 23.5 Å². The minimum atomic E-state index is -2.47. The summed E-state index contributed by atoms with van der Waals surface area (Å²) in [6.45, 7) is 1.29. The van der Waals surface area contributed by atoms with E-state index < -0.39 is 40.9 Å². The maximum atomic E-state index is 14.3. The number of ketones is 2. The fourth-order valence-electron chi connectivity index (χ4n) is 7.92. The SMILES string of the molecule is COC1=CC=C(CCc2cc(C#CC3CC=C(OC)CC3)c(O)c3c2C[C@H]2C[C@H]4CC(O)=C(C(C)O)C(=O)[C@@]4(O)C(O)=C2C3=O)CC1. The van der Waals surface area contributed by atoms with E-state index in [1.54, 1.807) is 14.2 Å². The molecule has 5 aliphatic carbocycles. The van der Waals surface area contributed by atoms with Crippen LogP contribution >= 0.6 is 0 Å². The smallest absolute Gasteiger partial charge is 0.204 e. The Hall–Kier alpha value is -4.26. The largest absolute Gasteiger partial charge is 0.512 e. The number of phenolic OH excluding ortho intramolecular Hbond substituents is 1. The molecule has 1 aromatic rings. The number of allylic oxidation sites excluding steroid dienone is 8. The first kappa shape index (κ1) is 32.7. The van der Waals surface area contributed by atoms with Gasteiger partial charge in [-0.25, -0.2) is 0 Å². The molecule has 5 N–H and O–H groups in total. The van der Waals surface area contributed by atoms with Crippen molar-refractivity contribution in [2.24, 2.45) is 17.8 Å². The van der Waals surface area contributed by atoms with Crippen LogP contribution in [0.4, 0.5) is 0 Å². The predicted molar refractivity (Wildman–Crippen MR) is 173 cm³/mol. The van der Waals surface area contributed by atoms with Gasteiger partial charge in [-0.2, -0.15) is 0 Å². The molecule has 9 heteroatoms. The molecule has 0 aromatic heterocycles. The fourth-order valence-corrected chi connectivity index (χ4v) is 7.92. The number of aromatic hydroxyl groups is 1. The summed E-state index contributed by atoms with van der Waals surface area (Å²) in [5, 5.41) is 55.6. The average molecular weight is 643 g/mol. The first-order chi connectivity index (χ1) is 22.5. The summed E-state index contributed by atoms with van der Waals surface area (Å²) >= 11 is 0. The number of hydrogen-bond acceptors (Lipinski definition) is 9. The number of benzene rings is 1. The molecule has 6 rings (SSSR count). The van der Waals surface area contributed by atoms with Crippen molar-refractivity contribution in [1.82, 2.24) is 0 Å². The van der Waals surface area contributed by atoms with E-state index in [0.29, 0.717) is 30.4 Å². The lowest BCUT2D eigenvalue weighted by atomic mass is 9.59. The summed E-state index contributed by atoms with van der Waals surface area (Å²) in [6.07, 6.45) is 10.3. The molecule has 0 amide bonds. The Balaban J connectivity index is 1.42. The molecule has 0 bridgehead atoms. The van der Waals surface area contributed by atoms with Crippen LogP contribution in [-0.2, 0) is 27.1 Å². The second-order valence-corrected chi connectivity index (χ2v) is 13.3. The lowest BCUT2D eigenvalue weighted by Crippen LogP contribution is -2.57. The highest BCUT2D eigenvalue weighted by Gasteiger charge is 2.59. The fraction of sp³-hybridized carbons (Fsp3) is 0.474. The number of phenols is 1. The number of rotatable bonds is 6. The Bertz CT molecular complexity index is 1740. The third-order valence-electron chi connectivity index (χ3n) is 10.6. The van der Waals surface area contributed by atoms with Crippen molar-refractivity contribution in [3.8, 4) is 17.6 Å². The van der Waals surface area contributed by atoms with Crippen molar-refractivity contribution in [3.63, 3.8) is 0 Å². The van der Waals surface area contributed by atoms with Gasteiger partial charge in [-0.15, -0.1) is 0 Å². The lowest BCUT2D eigenvalue weighted by Gasteiger charge is -2.46. The molecular formula is C38H42O9. The van der Waals surface area contributed by atoms with E-state index in [0.717, 1.165) is 49.2 Å². The van der Waals surface area contributed by atoms with Crippen molar-refractivity contribution < 1.29 is 44.6 Å². The van der Waals surface area contributed by atoms with Crippen LogP contribution in [0.1, 0.15) is 85.3 Å². The Morgan fingerprint density at radius 3 is 2.43 bits per heavy atom. The summed E-state index contributed by atoms with van der Waals surface area (Å²) < 4.78 is 10.7. The molecule has 2 unspecified atom stereocenters. The van der Waals surface area contributed by atoms with Crippen LogP contribution in [0, 0.1) is 29.6 Å². The first-order valence-corrected chi connectivity index (χ1v) is 16.4. The molecule has 0 spiro atoms. The summed E-state index contributed by atoms with van der Waals surface area (Å²) in [7, 11) is 3.31. The van der Waals surface area contributed by atoms with Gasteiger partial charge in [-0.05, 0) is 87.1 Å². The van der Waals surface area contributed by atoms with E-state index in [1.807, 2.05) is 18.2 Å². The van der Waals surface area contributed by atoms with Gasteiger partial charge in [0.15, 0.2) is 11.4 Å². The van der Waals surface area contributed by atoms with Crippen molar-refractivity contribution >= 4 is 11.6 Å². The van der Waals surface area contributed by atoms with Gasteiger partial charge >= 0.3 is 0 Å². The van der Waals surface area contributed by atoms with E-state index in [4.69, 9.17) is 9.47 Å². The molecule has 0 saturated carbocycles. The van der Waals surface area contributed by atoms with Crippen LogP contribution in [0.3, 0.4) is 0 Å². The second kappa shape index (κ2) is 12.7. The number of Topliss-reactive ketones (excluding diaryl/α,β-unsaturated/α-hetero) is 2. The number of fused-ring (bicyclic) bond motifs is 3. The van der Waals surface area contributed by atoms with Gasteiger partial charge in [-0.3, -0.25) is 9.59 Å². The summed E-state index contributed by atoms with van der Waals surface area (Å²) in [4.78, 5) is 27.8. The van der Waals surface area contributed by atoms with Gasteiger partial charge in [0, 0.05) is 36.7 Å².